The van der Waals surface area contributed by atoms with Crippen LogP contribution in [0.2, 0.25) is 0 Å². The van der Waals surface area contributed by atoms with Gasteiger partial charge in [-0.25, -0.2) is 0 Å². The molecule has 0 atom stereocenters. The van der Waals surface area contributed by atoms with Crippen LogP contribution < -0.4 is 0 Å². The van der Waals surface area contributed by atoms with Gasteiger partial charge in [-0.1, -0.05) is 22.7 Å². The standard InChI is InChI=1S/C4H5F4N7O2/c1-4(14(5)6,15(7)8)2-12-10-3(9-11-12)13(16)17/h2H2,1H3. The maximum absolute atomic E-state index is 12.3. The highest BCUT2D eigenvalue weighted by Crippen LogP contribution is 2.24. The summed E-state index contributed by atoms with van der Waals surface area (Å²) in [7, 11) is 0. The molecule has 0 amide bonds. The number of tetrazole rings is 1. The lowest BCUT2D eigenvalue weighted by molar-refractivity contribution is -0.395. The van der Waals surface area contributed by atoms with Gasteiger partial charge in [0.2, 0.25) is 5.66 Å². The van der Waals surface area contributed by atoms with E-state index in [0.717, 1.165) is 0 Å². The molecule has 9 nitrogen and oxygen atoms in total. The summed E-state index contributed by atoms with van der Waals surface area (Å²) >= 11 is 0. The van der Waals surface area contributed by atoms with Crippen molar-refractivity contribution in [3.05, 3.63) is 10.1 Å². The molecule has 0 unspecified atom stereocenters. The summed E-state index contributed by atoms with van der Waals surface area (Å²) in [5, 5.41) is 15.5. The first-order valence-electron chi connectivity index (χ1n) is 3.93. The van der Waals surface area contributed by atoms with E-state index >= 15 is 0 Å². The average Bonchev–Trinajstić information content (AvgIpc) is 2.65. The molecule has 0 radical (unpaired) electrons. The van der Waals surface area contributed by atoms with Gasteiger partial charge >= 0.3 is 5.95 Å². The third kappa shape index (κ3) is 2.62. The molecular formula is C4H5F4N7O2. The van der Waals surface area contributed by atoms with Gasteiger partial charge in [-0.3, -0.25) is 0 Å². The molecular weight excluding hydrogens is 254 g/mol. The van der Waals surface area contributed by atoms with Crippen LogP contribution >= 0.6 is 0 Å². The number of rotatable bonds is 5. The molecule has 17 heavy (non-hydrogen) atoms. The molecule has 0 N–H and O–H groups in total. The molecule has 0 aliphatic rings. The van der Waals surface area contributed by atoms with Gasteiger partial charge in [-0.15, -0.1) is 0 Å². The molecule has 0 aliphatic carbocycles. The lowest BCUT2D eigenvalue weighted by atomic mass is 10.2. The lowest BCUT2D eigenvalue weighted by Gasteiger charge is -2.26. The van der Waals surface area contributed by atoms with Crippen molar-refractivity contribution in [2.75, 3.05) is 0 Å². The van der Waals surface area contributed by atoms with Gasteiger partial charge < -0.3 is 10.1 Å². The largest absolute Gasteiger partial charge is 0.514 e. The van der Waals surface area contributed by atoms with E-state index in [0.29, 0.717) is 6.92 Å². The molecule has 0 saturated carbocycles. The minimum Gasteiger partial charge on any atom is -0.390 e. The predicted octanol–water partition coefficient (Wildman–Crippen LogP) is 0.440. The lowest BCUT2D eigenvalue weighted by Crippen LogP contribution is -2.49. The Hall–Kier alpha value is -1.89. The Morgan fingerprint density at radius 1 is 1.41 bits per heavy atom. The molecule has 0 bridgehead atoms. The summed E-state index contributed by atoms with van der Waals surface area (Å²) in [6.07, 6.45) is 0. The van der Waals surface area contributed by atoms with E-state index in [1.807, 2.05) is 0 Å². The minimum atomic E-state index is -3.02. The van der Waals surface area contributed by atoms with Crippen LogP contribution in [0.1, 0.15) is 6.92 Å². The normalized spacial score (nSPS) is 12.4. The molecule has 0 aliphatic heterocycles. The SMILES string of the molecule is CC(Cn1nnc([N+](=O)[O-])n1)(N(F)F)N(F)F. The first kappa shape index (κ1) is 13.2. The first-order valence-corrected chi connectivity index (χ1v) is 3.93. The highest BCUT2D eigenvalue weighted by atomic mass is 19.4. The topological polar surface area (TPSA) is 93.2 Å². The Bertz CT molecular complexity index is 400. The zero-order chi connectivity index (χ0) is 13.2. The number of nitrogens with zero attached hydrogens (tertiary/aromatic N) is 7. The van der Waals surface area contributed by atoms with Gasteiger partial charge in [-0.05, 0) is 11.8 Å². The molecule has 1 heterocycles. The third-order valence-electron chi connectivity index (χ3n) is 1.77. The number of nitro groups is 1. The van der Waals surface area contributed by atoms with Crippen LogP contribution in [0, 0.1) is 10.1 Å². The van der Waals surface area contributed by atoms with E-state index in [1.54, 1.807) is 0 Å². The quantitative estimate of drug-likeness (QED) is 0.249. The molecule has 1 rings (SSSR count). The fourth-order valence-corrected chi connectivity index (χ4v) is 0.807. The van der Waals surface area contributed by atoms with Crippen molar-refractivity contribution in [3.8, 4) is 0 Å². The smallest absolute Gasteiger partial charge is 0.390 e. The summed E-state index contributed by atoms with van der Waals surface area (Å²) < 4.78 is 49.1. The van der Waals surface area contributed by atoms with Gasteiger partial charge in [-0.2, -0.15) is 0 Å². The summed E-state index contributed by atoms with van der Waals surface area (Å²) in [5.41, 5.74) is -3.02. The molecule has 1 aromatic rings. The molecule has 13 heteroatoms. The first-order chi connectivity index (χ1) is 7.77. The number of hydrogen-bond donors (Lipinski definition) is 0. The predicted molar refractivity (Wildman–Crippen MR) is 41.0 cm³/mol. The zero-order valence-electron chi connectivity index (χ0n) is 8.17. The Balaban J connectivity index is 2.90. The van der Waals surface area contributed by atoms with Gasteiger partial charge in [0.25, 0.3) is 0 Å². The van der Waals surface area contributed by atoms with Crippen LogP contribution in [-0.4, -0.2) is 41.5 Å². The van der Waals surface area contributed by atoms with Crippen LogP contribution in [0.4, 0.5) is 23.9 Å². The Morgan fingerprint density at radius 2 is 1.94 bits per heavy atom. The number of halogens is 4. The summed E-state index contributed by atoms with van der Waals surface area (Å²) in [4.78, 5) is 9.40. The van der Waals surface area contributed by atoms with Crippen LogP contribution in [0.3, 0.4) is 0 Å². The minimum absolute atomic E-state index is 0.274. The fourth-order valence-electron chi connectivity index (χ4n) is 0.807. The van der Waals surface area contributed by atoms with Crippen molar-refractivity contribution in [3.63, 3.8) is 0 Å². The Morgan fingerprint density at radius 3 is 2.29 bits per heavy atom. The van der Waals surface area contributed by atoms with Gasteiger partial charge in [0.1, 0.15) is 6.54 Å². The second kappa shape index (κ2) is 4.54. The highest BCUT2D eigenvalue weighted by molar-refractivity contribution is 4.93. The molecule has 96 valence electrons. The van der Waals surface area contributed by atoms with Crippen molar-refractivity contribution < 1.29 is 22.8 Å². The van der Waals surface area contributed by atoms with Crippen molar-refractivity contribution in [1.29, 1.82) is 0 Å². The molecule has 0 saturated heterocycles. The van der Waals surface area contributed by atoms with E-state index in [9.17, 15) is 28.0 Å². The van der Waals surface area contributed by atoms with Gasteiger partial charge in [0.15, 0.2) is 0 Å². The van der Waals surface area contributed by atoms with E-state index in [-0.39, 0.29) is 4.80 Å². The van der Waals surface area contributed by atoms with Crippen LogP contribution in [-0.2, 0) is 6.54 Å². The van der Waals surface area contributed by atoms with E-state index in [1.165, 1.54) is 0 Å². The van der Waals surface area contributed by atoms with Crippen LogP contribution in [0.25, 0.3) is 0 Å². The second-order valence-corrected chi connectivity index (χ2v) is 3.06. The van der Waals surface area contributed by atoms with Crippen molar-refractivity contribution in [1.82, 2.24) is 30.9 Å². The van der Waals surface area contributed by atoms with Crippen LogP contribution in [0.5, 0.6) is 0 Å². The monoisotopic (exact) mass is 259 g/mol. The summed E-state index contributed by atoms with van der Waals surface area (Å²) in [6, 6.07) is 0. The third-order valence-corrected chi connectivity index (χ3v) is 1.77. The Kier molecular flexibility index (Phi) is 3.52. The molecule has 0 fully saturated rings. The number of hydrogen-bond acceptors (Lipinski definition) is 7. The van der Waals surface area contributed by atoms with Crippen molar-refractivity contribution in [2.24, 2.45) is 0 Å². The maximum Gasteiger partial charge on any atom is 0.514 e. The highest BCUT2D eigenvalue weighted by Gasteiger charge is 2.45. The van der Waals surface area contributed by atoms with Crippen molar-refractivity contribution in [2.45, 2.75) is 19.1 Å². The van der Waals surface area contributed by atoms with Crippen LogP contribution in [0.15, 0.2) is 0 Å². The summed E-state index contributed by atoms with van der Waals surface area (Å²) in [6.45, 7) is -0.629. The average molecular weight is 259 g/mol. The van der Waals surface area contributed by atoms with Crippen molar-refractivity contribution >= 4 is 5.95 Å². The van der Waals surface area contributed by atoms with E-state index < -0.39 is 33.8 Å². The molecule has 0 aromatic carbocycles. The number of aromatic nitrogens is 4. The molecule has 1 aromatic heterocycles. The fraction of sp³-hybridized carbons (Fsp3) is 0.750. The zero-order valence-corrected chi connectivity index (χ0v) is 8.17. The summed E-state index contributed by atoms with van der Waals surface area (Å²) in [5.74, 6) is -0.971. The maximum atomic E-state index is 12.3. The van der Waals surface area contributed by atoms with E-state index in [2.05, 4.69) is 15.4 Å². The Labute approximate surface area is 90.1 Å². The van der Waals surface area contributed by atoms with Gasteiger partial charge in [0, 0.05) is 15.9 Å². The second-order valence-electron chi connectivity index (χ2n) is 3.06. The van der Waals surface area contributed by atoms with Gasteiger partial charge in [0.05, 0.1) is 10.2 Å². The van der Waals surface area contributed by atoms with E-state index in [4.69, 9.17) is 0 Å². The molecule has 0 spiro atoms.